The Morgan fingerprint density at radius 2 is 1.76 bits per heavy atom. The zero-order chi connectivity index (χ0) is 17.6. The van der Waals surface area contributed by atoms with E-state index in [0.29, 0.717) is 23.9 Å². The van der Waals surface area contributed by atoms with Crippen molar-refractivity contribution in [2.75, 3.05) is 6.61 Å². The quantitative estimate of drug-likeness (QED) is 0.626. The molecule has 0 aliphatic carbocycles. The molecular weight excluding hydrogens is 318 g/mol. The van der Waals surface area contributed by atoms with Gasteiger partial charge in [0.15, 0.2) is 6.10 Å². The van der Waals surface area contributed by atoms with Crippen LogP contribution in [0, 0.1) is 0 Å². The summed E-state index contributed by atoms with van der Waals surface area (Å²) in [5.41, 5.74) is 0.923. The molecule has 1 atom stereocenters. The van der Waals surface area contributed by atoms with Gasteiger partial charge in [-0.2, -0.15) is 0 Å². The number of carbonyl (C=O) groups excluding carboxylic acids is 1. The average Bonchev–Trinajstić information content (AvgIpc) is 2.63. The minimum Gasteiger partial charge on any atom is -0.479 e. The van der Waals surface area contributed by atoms with Gasteiger partial charge in [-0.3, -0.25) is 4.98 Å². The monoisotopic (exact) mass is 337 g/mol. The summed E-state index contributed by atoms with van der Waals surface area (Å²) in [4.78, 5) is 16.0. The number of hydrogen-bond acceptors (Lipinski definition) is 5. The van der Waals surface area contributed by atoms with Crippen LogP contribution >= 0.6 is 0 Å². The minimum absolute atomic E-state index is 0.332. The number of pyridine rings is 1. The zero-order valence-electron chi connectivity index (χ0n) is 14.1. The van der Waals surface area contributed by atoms with Crippen LogP contribution in [0.25, 0.3) is 10.9 Å². The second kappa shape index (κ2) is 7.66. The van der Waals surface area contributed by atoms with Gasteiger partial charge in [-0.05, 0) is 50.2 Å². The van der Waals surface area contributed by atoms with E-state index in [4.69, 9.17) is 14.2 Å². The van der Waals surface area contributed by atoms with Gasteiger partial charge in [0.1, 0.15) is 17.2 Å². The molecule has 0 saturated carbocycles. The smallest absolute Gasteiger partial charge is 0.347 e. The molecule has 0 amide bonds. The highest BCUT2D eigenvalue weighted by molar-refractivity contribution is 5.79. The molecule has 0 fully saturated rings. The third-order valence-electron chi connectivity index (χ3n) is 3.56. The second-order valence-electron chi connectivity index (χ2n) is 5.45. The van der Waals surface area contributed by atoms with Crippen LogP contribution in [0.4, 0.5) is 0 Å². The number of para-hydroxylation sites is 1. The predicted molar refractivity (Wildman–Crippen MR) is 95.0 cm³/mol. The van der Waals surface area contributed by atoms with E-state index < -0.39 is 6.10 Å². The highest BCUT2D eigenvalue weighted by Gasteiger charge is 2.15. The van der Waals surface area contributed by atoms with E-state index in [2.05, 4.69) is 4.98 Å². The fourth-order valence-electron chi connectivity index (χ4n) is 2.34. The van der Waals surface area contributed by atoms with E-state index in [9.17, 15) is 4.79 Å². The Hall–Kier alpha value is -3.08. The van der Waals surface area contributed by atoms with Crippen LogP contribution in [0.1, 0.15) is 13.8 Å². The molecule has 2 aromatic carbocycles. The van der Waals surface area contributed by atoms with Crippen molar-refractivity contribution >= 4 is 16.9 Å². The molecule has 0 spiro atoms. The standard InChI is InChI=1S/C20H19NO4/c1-3-23-20(22)14(2)24-16-8-10-17(11-9-16)25-18-12-15-6-4-5-7-19(15)21-13-18/h4-14H,3H2,1-2H3. The summed E-state index contributed by atoms with van der Waals surface area (Å²) in [6.45, 7) is 3.75. The third kappa shape index (κ3) is 4.26. The summed E-state index contributed by atoms with van der Waals surface area (Å²) in [5, 5.41) is 1.02. The van der Waals surface area contributed by atoms with Crippen LogP contribution in [-0.2, 0) is 9.53 Å². The van der Waals surface area contributed by atoms with E-state index in [-0.39, 0.29) is 5.97 Å². The molecule has 0 N–H and O–H groups in total. The van der Waals surface area contributed by atoms with Gasteiger partial charge in [0, 0.05) is 5.39 Å². The summed E-state index contributed by atoms with van der Waals surface area (Å²) < 4.78 is 16.3. The maximum Gasteiger partial charge on any atom is 0.347 e. The highest BCUT2D eigenvalue weighted by Crippen LogP contribution is 2.26. The summed E-state index contributed by atoms with van der Waals surface area (Å²) in [6, 6.07) is 16.9. The van der Waals surface area contributed by atoms with E-state index in [0.717, 1.165) is 10.9 Å². The van der Waals surface area contributed by atoms with Crippen LogP contribution in [0.5, 0.6) is 17.2 Å². The number of carbonyl (C=O) groups is 1. The van der Waals surface area contributed by atoms with E-state index in [1.165, 1.54) is 0 Å². The maximum absolute atomic E-state index is 11.6. The first-order valence-electron chi connectivity index (χ1n) is 8.11. The highest BCUT2D eigenvalue weighted by atomic mass is 16.6. The van der Waals surface area contributed by atoms with Crippen LogP contribution in [0.3, 0.4) is 0 Å². The molecule has 1 heterocycles. The molecule has 1 unspecified atom stereocenters. The van der Waals surface area contributed by atoms with Crippen molar-refractivity contribution in [3.05, 3.63) is 60.8 Å². The number of fused-ring (bicyclic) bond motifs is 1. The molecule has 0 aliphatic heterocycles. The number of esters is 1. The zero-order valence-corrected chi connectivity index (χ0v) is 14.1. The summed E-state index contributed by atoms with van der Waals surface area (Å²) in [6.07, 6.45) is 1.03. The van der Waals surface area contributed by atoms with E-state index in [1.807, 2.05) is 30.3 Å². The summed E-state index contributed by atoms with van der Waals surface area (Å²) in [7, 11) is 0. The van der Waals surface area contributed by atoms with E-state index in [1.54, 1.807) is 44.3 Å². The number of ether oxygens (including phenoxy) is 3. The SMILES string of the molecule is CCOC(=O)C(C)Oc1ccc(Oc2cnc3ccccc3c2)cc1. The van der Waals surface area contributed by atoms with Crippen LogP contribution in [0.15, 0.2) is 60.8 Å². The van der Waals surface area contributed by atoms with Crippen molar-refractivity contribution < 1.29 is 19.0 Å². The largest absolute Gasteiger partial charge is 0.479 e. The van der Waals surface area contributed by atoms with Gasteiger partial charge < -0.3 is 14.2 Å². The first-order valence-corrected chi connectivity index (χ1v) is 8.11. The Morgan fingerprint density at radius 3 is 2.52 bits per heavy atom. The Kier molecular flexibility index (Phi) is 5.14. The normalized spacial score (nSPS) is 11.8. The number of aromatic nitrogens is 1. The molecule has 0 saturated heterocycles. The second-order valence-corrected chi connectivity index (χ2v) is 5.45. The van der Waals surface area contributed by atoms with E-state index >= 15 is 0 Å². The minimum atomic E-state index is -0.656. The lowest BCUT2D eigenvalue weighted by Crippen LogP contribution is -2.25. The number of benzene rings is 2. The Balaban J connectivity index is 1.66. The van der Waals surface area contributed by atoms with Gasteiger partial charge in [-0.15, -0.1) is 0 Å². The number of rotatable bonds is 6. The lowest BCUT2D eigenvalue weighted by atomic mass is 10.2. The van der Waals surface area contributed by atoms with Gasteiger partial charge in [0.2, 0.25) is 0 Å². The Morgan fingerprint density at radius 1 is 1.04 bits per heavy atom. The molecule has 5 nitrogen and oxygen atoms in total. The van der Waals surface area contributed by atoms with Gasteiger partial charge in [0.25, 0.3) is 0 Å². The maximum atomic E-state index is 11.6. The van der Waals surface area contributed by atoms with Crippen molar-refractivity contribution in [3.8, 4) is 17.2 Å². The van der Waals surface area contributed by atoms with Gasteiger partial charge >= 0.3 is 5.97 Å². The van der Waals surface area contributed by atoms with Crippen LogP contribution < -0.4 is 9.47 Å². The van der Waals surface area contributed by atoms with Crippen molar-refractivity contribution in [2.45, 2.75) is 20.0 Å². The lowest BCUT2D eigenvalue weighted by molar-refractivity contribution is -0.150. The molecule has 25 heavy (non-hydrogen) atoms. The molecule has 3 aromatic rings. The summed E-state index contributed by atoms with van der Waals surface area (Å²) in [5.74, 6) is 1.51. The first-order chi connectivity index (χ1) is 12.2. The number of hydrogen-bond donors (Lipinski definition) is 0. The molecule has 0 radical (unpaired) electrons. The lowest BCUT2D eigenvalue weighted by Gasteiger charge is -2.13. The van der Waals surface area contributed by atoms with Gasteiger partial charge in [-0.25, -0.2) is 4.79 Å². The molecule has 0 bridgehead atoms. The fraction of sp³-hybridized carbons (Fsp3) is 0.200. The first kappa shape index (κ1) is 16.8. The van der Waals surface area contributed by atoms with Crippen molar-refractivity contribution in [3.63, 3.8) is 0 Å². The number of nitrogens with zero attached hydrogens (tertiary/aromatic N) is 1. The topological polar surface area (TPSA) is 57.7 Å². The van der Waals surface area contributed by atoms with Crippen molar-refractivity contribution in [2.24, 2.45) is 0 Å². The van der Waals surface area contributed by atoms with Gasteiger partial charge in [0.05, 0.1) is 18.3 Å². The average molecular weight is 337 g/mol. The van der Waals surface area contributed by atoms with Crippen LogP contribution in [-0.4, -0.2) is 23.7 Å². The third-order valence-corrected chi connectivity index (χ3v) is 3.56. The van der Waals surface area contributed by atoms with Crippen molar-refractivity contribution in [1.29, 1.82) is 0 Å². The Labute approximate surface area is 146 Å². The molecule has 3 rings (SSSR count). The Bertz CT molecular complexity index is 861. The molecular formula is C20H19NO4. The van der Waals surface area contributed by atoms with Crippen molar-refractivity contribution in [1.82, 2.24) is 4.98 Å². The molecule has 1 aromatic heterocycles. The molecule has 5 heteroatoms. The van der Waals surface area contributed by atoms with Crippen LogP contribution in [0.2, 0.25) is 0 Å². The molecule has 128 valence electrons. The summed E-state index contributed by atoms with van der Waals surface area (Å²) >= 11 is 0. The predicted octanol–water partition coefficient (Wildman–Crippen LogP) is 4.36. The fourth-order valence-corrected chi connectivity index (χ4v) is 2.34. The molecule has 0 aliphatic rings. The van der Waals surface area contributed by atoms with Gasteiger partial charge in [-0.1, -0.05) is 18.2 Å².